The molecule has 1 saturated heterocycles. The van der Waals surface area contributed by atoms with Crippen LogP contribution in [0.5, 0.6) is 0 Å². The van der Waals surface area contributed by atoms with E-state index in [-0.39, 0.29) is 24.0 Å². The average molecular weight is 500 g/mol. The minimum atomic E-state index is 0. The van der Waals surface area contributed by atoms with Crippen molar-refractivity contribution in [3.05, 3.63) is 40.0 Å². The van der Waals surface area contributed by atoms with Crippen LogP contribution in [0.15, 0.2) is 28.7 Å². The Bertz CT molecular complexity index is 741. The molecule has 27 heavy (non-hydrogen) atoms. The molecule has 0 saturated carbocycles. The lowest BCUT2D eigenvalue weighted by atomic mass is 10.2. The third kappa shape index (κ3) is 6.31. The monoisotopic (exact) mass is 500 g/mol. The Morgan fingerprint density at radius 1 is 1.37 bits per heavy atom. The molecule has 3 rings (SSSR count). The van der Waals surface area contributed by atoms with Gasteiger partial charge in [-0.25, -0.2) is 15.0 Å². The van der Waals surface area contributed by atoms with Crippen molar-refractivity contribution in [3.63, 3.8) is 0 Å². The summed E-state index contributed by atoms with van der Waals surface area (Å²) in [6, 6.07) is 4.22. The van der Waals surface area contributed by atoms with Crippen LogP contribution in [-0.4, -0.2) is 47.5 Å². The van der Waals surface area contributed by atoms with Gasteiger partial charge in [0.15, 0.2) is 5.96 Å². The van der Waals surface area contributed by atoms with Crippen LogP contribution >= 0.6 is 35.3 Å². The summed E-state index contributed by atoms with van der Waals surface area (Å²) in [6.07, 6.45) is 4.41. The highest BCUT2D eigenvalue weighted by Gasteiger charge is 2.14. The van der Waals surface area contributed by atoms with Gasteiger partial charge in [0.25, 0.3) is 0 Å². The first-order valence-corrected chi connectivity index (χ1v) is 10.1. The predicted octanol–water partition coefficient (Wildman–Crippen LogP) is 3.66. The fourth-order valence-electron chi connectivity index (χ4n) is 3.11. The molecule has 1 aliphatic rings. The van der Waals surface area contributed by atoms with Crippen molar-refractivity contribution in [2.45, 2.75) is 39.8 Å². The number of pyridine rings is 1. The molecule has 1 fully saturated rings. The van der Waals surface area contributed by atoms with Gasteiger partial charge in [-0.1, -0.05) is 0 Å². The number of hydrogen-bond acceptors (Lipinski definition) is 5. The molecule has 0 radical (unpaired) electrons. The second kappa shape index (κ2) is 10.8. The largest absolute Gasteiger partial charge is 0.357 e. The van der Waals surface area contributed by atoms with Crippen LogP contribution in [0.4, 0.5) is 5.82 Å². The number of nitrogens with one attached hydrogen (secondary N) is 1. The van der Waals surface area contributed by atoms with E-state index in [4.69, 9.17) is 4.99 Å². The van der Waals surface area contributed by atoms with Crippen molar-refractivity contribution in [1.82, 2.24) is 20.2 Å². The van der Waals surface area contributed by atoms with Gasteiger partial charge in [0, 0.05) is 38.3 Å². The van der Waals surface area contributed by atoms with Gasteiger partial charge in [-0.15, -0.1) is 35.3 Å². The van der Waals surface area contributed by atoms with E-state index in [9.17, 15) is 0 Å². The van der Waals surface area contributed by atoms with Crippen molar-refractivity contribution >= 4 is 47.1 Å². The number of thiazole rings is 1. The zero-order valence-electron chi connectivity index (χ0n) is 16.3. The summed E-state index contributed by atoms with van der Waals surface area (Å²) in [5.41, 5.74) is 2.27. The van der Waals surface area contributed by atoms with E-state index >= 15 is 0 Å². The molecule has 0 amide bonds. The van der Waals surface area contributed by atoms with E-state index in [1.165, 1.54) is 18.4 Å². The molecule has 1 aliphatic heterocycles. The van der Waals surface area contributed by atoms with Gasteiger partial charge in [-0.3, -0.25) is 0 Å². The lowest BCUT2D eigenvalue weighted by molar-refractivity contribution is 0.471. The van der Waals surface area contributed by atoms with Crippen LogP contribution in [-0.2, 0) is 13.1 Å². The van der Waals surface area contributed by atoms with Crippen LogP contribution in [0.2, 0.25) is 0 Å². The minimum absolute atomic E-state index is 0. The lowest BCUT2D eigenvalue weighted by Crippen LogP contribution is -2.38. The molecule has 2 aromatic rings. The summed E-state index contributed by atoms with van der Waals surface area (Å²) in [6.45, 7) is 8.59. The molecule has 148 valence electrons. The second-order valence-corrected chi connectivity index (χ2v) is 7.66. The summed E-state index contributed by atoms with van der Waals surface area (Å²) in [4.78, 5) is 18.4. The van der Waals surface area contributed by atoms with Crippen molar-refractivity contribution in [3.8, 4) is 0 Å². The van der Waals surface area contributed by atoms with Crippen molar-refractivity contribution in [1.29, 1.82) is 0 Å². The molecular formula is C19H29IN6S. The van der Waals surface area contributed by atoms with Gasteiger partial charge in [-0.05, 0) is 44.4 Å². The fraction of sp³-hybridized carbons (Fsp3) is 0.526. The molecule has 3 heterocycles. The van der Waals surface area contributed by atoms with Gasteiger partial charge >= 0.3 is 0 Å². The van der Waals surface area contributed by atoms with Crippen LogP contribution in [0.25, 0.3) is 0 Å². The first-order chi connectivity index (χ1) is 12.7. The smallest absolute Gasteiger partial charge is 0.194 e. The number of aliphatic imine (C=N–C) groups is 1. The zero-order valence-corrected chi connectivity index (χ0v) is 19.5. The molecular weight excluding hydrogens is 471 g/mol. The molecule has 8 heteroatoms. The Balaban J connectivity index is 0.00000261. The SMILES string of the molecule is CCNC(=NCc1ccnc(N2CCCC2)c1)N(C)Cc1csc(C)n1.I. The van der Waals surface area contributed by atoms with Gasteiger partial charge in [0.05, 0.1) is 23.8 Å². The summed E-state index contributed by atoms with van der Waals surface area (Å²) < 4.78 is 0. The highest BCUT2D eigenvalue weighted by atomic mass is 127. The normalized spacial score (nSPS) is 14.2. The van der Waals surface area contributed by atoms with E-state index in [1.54, 1.807) is 11.3 Å². The Hall–Kier alpha value is -1.42. The fourth-order valence-corrected chi connectivity index (χ4v) is 3.72. The third-order valence-corrected chi connectivity index (χ3v) is 5.24. The molecule has 0 aromatic carbocycles. The Morgan fingerprint density at radius 3 is 2.81 bits per heavy atom. The molecule has 2 aromatic heterocycles. The summed E-state index contributed by atoms with van der Waals surface area (Å²) in [7, 11) is 2.05. The molecule has 0 atom stereocenters. The van der Waals surface area contributed by atoms with E-state index in [0.717, 1.165) is 48.7 Å². The Kier molecular flexibility index (Phi) is 8.75. The number of guanidine groups is 1. The van der Waals surface area contributed by atoms with Crippen LogP contribution < -0.4 is 10.2 Å². The van der Waals surface area contributed by atoms with Crippen LogP contribution in [0.3, 0.4) is 0 Å². The van der Waals surface area contributed by atoms with Crippen LogP contribution in [0, 0.1) is 6.92 Å². The summed E-state index contributed by atoms with van der Waals surface area (Å²) >= 11 is 1.69. The van der Waals surface area contributed by atoms with Crippen molar-refractivity contribution in [2.75, 3.05) is 31.6 Å². The van der Waals surface area contributed by atoms with E-state index in [2.05, 4.69) is 56.6 Å². The highest BCUT2D eigenvalue weighted by Crippen LogP contribution is 2.19. The van der Waals surface area contributed by atoms with Crippen LogP contribution in [0.1, 0.15) is 36.0 Å². The molecule has 0 bridgehead atoms. The molecule has 6 nitrogen and oxygen atoms in total. The van der Waals surface area contributed by atoms with Crippen molar-refractivity contribution < 1.29 is 0 Å². The lowest BCUT2D eigenvalue weighted by Gasteiger charge is -2.21. The van der Waals surface area contributed by atoms with Gasteiger partial charge in [0.2, 0.25) is 0 Å². The van der Waals surface area contributed by atoms with E-state index < -0.39 is 0 Å². The maximum Gasteiger partial charge on any atom is 0.194 e. The maximum atomic E-state index is 4.82. The van der Waals surface area contributed by atoms with Gasteiger partial charge in [-0.2, -0.15) is 0 Å². The average Bonchev–Trinajstić information content (AvgIpc) is 3.31. The standard InChI is InChI=1S/C19H28N6S.HI/c1-4-20-19(24(3)13-17-14-26-15(2)23-17)22-12-16-7-8-21-18(11-16)25-9-5-6-10-25;/h7-8,11,14H,4-6,9-10,12-13H2,1-3H3,(H,20,22);1H. The number of nitrogens with zero attached hydrogens (tertiary/aromatic N) is 5. The Labute approximate surface area is 183 Å². The number of aryl methyl sites for hydroxylation is 1. The maximum absolute atomic E-state index is 4.82. The number of halogens is 1. The molecule has 1 N–H and O–H groups in total. The quantitative estimate of drug-likeness (QED) is 0.373. The topological polar surface area (TPSA) is 56.7 Å². The predicted molar refractivity (Wildman–Crippen MR) is 124 cm³/mol. The molecule has 0 spiro atoms. The molecule has 0 unspecified atom stereocenters. The number of aromatic nitrogens is 2. The number of rotatable bonds is 6. The molecule has 0 aliphatic carbocycles. The zero-order chi connectivity index (χ0) is 18.4. The number of hydrogen-bond donors (Lipinski definition) is 1. The summed E-state index contributed by atoms with van der Waals surface area (Å²) in [5.74, 6) is 1.98. The van der Waals surface area contributed by atoms with Gasteiger partial charge in [0.1, 0.15) is 5.82 Å². The van der Waals surface area contributed by atoms with Crippen molar-refractivity contribution in [2.24, 2.45) is 4.99 Å². The summed E-state index contributed by atoms with van der Waals surface area (Å²) in [5, 5.41) is 6.59. The first-order valence-electron chi connectivity index (χ1n) is 9.26. The Morgan fingerprint density at radius 2 is 2.15 bits per heavy atom. The van der Waals surface area contributed by atoms with E-state index in [0.29, 0.717) is 6.54 Å². The number of anilines is 1. The first kappa shape index (κ1) is 21.9. The third-order valence-electron chi connectivity index (χ3n) is 4.41. The second-order valence-electron chi connectivity index (χ2n) is 6.60. The highest BCUT2D eigenvalue weighted by molar-refractivity contribution is 14.0. The van der Waals surface area contributed by atoms with Gasteiger partial charge < -0.3 is 15.1 Å². The van der Waals surface area contributed by atoms with E-state index in [1.807, 2.05) is 13.1 Å². The minimum Gasteiger partial charge on any atom is -0.357 e.